The molecule has 164 valence electrons. The smallest absolute Gasteiger partial charge is 0.209 e. The second-order valence-corrected chi connectivity index (χ2v) is 9.26. The maximum absolute atomic E-state index is 12.8. The van der Waals surface area contributed by atoms with E-state index in [1.165, 1.54) is 12.3 Å². The van der Waals surface area contributed by atoms with Crippen molar-refractivity contribution in [2.75, 3.05) is 5.75 Å². The minimum Gasteiger partial charge on any atom is -0.507 e. The molecule has 0 aliphatic carbocycles. The van der Waals surface area contributed by atoms with Crippen LogP contribution in [0.3, 0.4) is 0 Å². The summed E-state index contributed by atoms with van der Waals surface area (Å²) in [6.07, 6.45) is 1.61. The van der Waals surface area contributed by atoms with Crippen LogP contribution in [0.4, 0.5) is 0 Å². The van der Waals surface area contributed by atoms with E-state index in [1.807, 2.05) is 0 Å². The van der Waals surface area contributed by atoms with Crippen molar-refractivity contribution in [2.24, 2.45) is 5.14 Å². The van der Waals surface area contributed by atoms with Gasteiger partial charge in [-0.1, -0.05) is 29.8 Å². The van der Waals surface area contributed by atoms with Crippen LogP contribution in [0.5, 0.6) is 11.5 Å². The minimum absolute atomic E-state index is 0.0605. The Morgan fingerprint density at radius 1 is 1.06 bits per heavy atom. The Morgan fingerprint density at radius 2 is 1.81 bits per heavy atom. The zero-order chi connectivity index (χ0) is 23.0. The zero-order valence-electron chi connectivity index (χ0n) is 16.4. The lowest BCUT2D eigenvalue weighted by molar-refractivity contribution is 0.453. The average Bonchev–Trinajstić information content (AvgIpc) is 2.72. The molecule has 8 nitrogen and oxygen atoms in total. The molecule has 0 aliphatic rings. The molecule has 0 bridgehead atoms. The number of hydrogen-bond donors (Lipinski definition) is 3. The molecule has 2 heterocycles. The molecule has 4 aromatic rings. The van der Waals surface area contributed by atoms with Gasteiger partial charge in [0.05, 0.1) is 22.0 Å². The van der Waals surface area contributed by atoms with Crippen molar-refractivity contribution < 1.29 is 23.0 Å². The molecule has 0 amide bonds. The molecule has 0 atom stereocenters. The van der Waals surface area contributed by atoms with Crippen molar-refractivity contribution in [3.8, 4) is 34.1 Å². The number of aromatic nitrogens is 1. The van der Waals surface area contributed by atoms with Gasteiger partial charge in [0.15, 0.2) is 11.0 Å². The number of sulfonamides is 1. The molecule has 0 unspecified atom stereocenters. The number of pyridine rings is 1. The van der Waals surface area contributed by atoms with Crippen molar-refractivity contribution >= 4 is 32.6 Å². The number of benzene rings is 2. The molecule has 10 heteroatoms. The van der Waals surface area contributed by atoms with Crippen molar-refractivity contribution in [3.63, 3.8) is 0 Å². The van der Waals surface area contributed by atoms with Crippen molar-refractivity contribution in [1.29, 1.82) is 0 Å². The lowest BCUT2D eigenvalue weighted by atomic mass is 10.0. The van der Waals surface area contributed by atoms with Crippen LogP contribution in [0.2, 0.25) is 5.02 Å². The second-order valence-electron chi connectivity index (χ2n) is 7.12. The summed E-state index contributed by atoms with van der Waals surface area (Å²) in [5.41, 5.74) is 0.851. The summed E-state index contributed by atoms with van der Waals surface area (Å²) in [5, 5.41) is 26.1. The lowest BCUT2D eigenvalue weighted by Crippen LogP contribution is -2.17. The van der Waals surface area contributed by atoms with Crippen LogP contribution < -0.4 is 10.6 Å². The van der Waals surface area contributed by atoms with Crippen molar-refractivity contribution in [3.05, 3.63) is 75.5 Å². The van der Waals surface area contributed by atoms with Gasteiger partial charge in [-0.05, 0) is 30.2 Å². The first-order chi connectivity index (χ1) is 15.1. The summed E-state index contributed by atoms with van der Waals surface area (Å²) < 4.78 is 28.3. The molecule has 4 rings (SSSR count). The van der Waals surface area contributed by atoms with Crippen LogP contribution in [0.25, 0.3) is 33.6 Å². The minimum atomic E-state index is -3.62. The van der Waals surface area contributed by atoms with Gasteiger partial charge in [-0.3, -0.25) is 9.78 Å². The van der Waals surface area contributed by atoms with Crippen LogP contribution in [0.1, 0.15) is 5.56 Å². The summed E-state index contributed by atoms with van der Waals surface area (Å²) in [7, 11) is -3.62. The molecular formula is C22H17ClN2O6S. The maximum atomic E-state index is 12.8. The molecule has 0 spiro atoms. The highest BCUT2D eigenvalue weighted by Gasteiger charge is 2.21. The fraction of sp³-hybridized carbons (Fsp3) is 0.0909. The van der Waals surface area contributed by atoms with Crippen molar-refractivity contribution in [2.45, 2.75) is 6.42 Å². The first-order valence-corrected chi connectivity index (χ1v) is 11.5. The number of nitrogens with two attached hydrogens (primary N) is 1. The highest BCUT2D eigenvalue weighted by molar-refractivity contribution is 7.89. The van der Waals surface area contributed by atoms with Crippen LogP contribution in [-0.2, 0) is 16.4 Å². The molecule has 0 aliphatic heterocycles. The number of nitrogens with zero attached hydrogens (tertiary/aromatic N) is 1. The second kappa shape index (κ2) is 8.27. The fourth-order valence-corrected chi connectivity index (χ4v) is 4.07. The molecule has 0 saturated heterocycles. The van der Waals surface area contributed by atoms with Gasteiger partial charge in [0.1, 0.15) is 22.6 Å². The Labute approximate surface area is 187 Å². The Balaban J connectivity index is 1.89. The van der Waals surface area contributed by atoms with Gasteiger partial charge in [-0.15, -0.1) is 0 Å². The van der Waals surface area contributed by atoms with E-state index >= 15 is 0 Å². The van der Waals surface area contributed by atoms with E-state index < -0.39 is 21.2 Å². The fourth-order valence-electron chi connectivity index (χ4n) is 3.32. The Morgan fingerprint density at radius 3 is 2.47 bits per heavy atom. The standard InChI is InChI=1S/C22H17ClN2O6S/c23-14-4-2-1-3-13(14)19-10-18(28)21-17(27)9-16(26)20(22(21)31-19)15-6-5-12(11-25-15)7-8-32(24,29)30/h1-6,9-11,26-27H,7-8H2,(H2,24,29,30). The number of aromatic hydroxyl groups is 2. The Hall–Kier alpha value is -3.40. The topological polar surface area (TPSA) is 144 Å². The van der Waals surface area contributed by atoms with Gasteiger partial charge in [0, 0.05) is 23.9 Å². The van der Waals surface area contributed by atoms with E-state index in [0.29, 0.717) is 16.1 Å². The summed E-state index contributed by atoms with van der Waals surface area (Å²) in [6, 6.07) is 12.2. The van der Waals surface area contributed by atoms with E-state index in [1.54, 1.807) is 36.4 Å². The number of aryl methyl sites for hydroxylation is 1. The summed E-state index contributed by atoms with van der Waals surface area (Å²) >= 11 is 6.24. The number of hydrogen-bond acceptors (Lipinski definition) is 7. The van der Waals surface area contributed by atoms with Gasteiger partial charge in [0.2, 0.25) is 10.0 Å². The molecule has 4 N–H and O–H groups in total. The third kappa shape index (κ3) is 4.31. The summed E-state index contributed by atoms with van der Waals surface area (Å²) in [6.45, 7) is 0. The van der Waals surface area contributed by atoms with E-state index in [2.05, 4.69) is 4.98 Å². The van der Waals surface area contributed by atoms with E-state index in [-0.39, 0.29) is 45.9 Å². The number of primary sulfonamides is 1. The zero-order valence-corrected chi connectivity index (χ0v) is 18.0. The third-order valence-corrected chi connectivity index (χ3v) is 5.96. The quantitative estimate of drug-likeness (QED) is 0.403. The number of halogens is 1. The van der Waals surface area contributed by atoms with Crippen LogP contribution in [-0.4, -0.2) is 29.4 Å². The van der Waals surface area contributed by atoms with E-state index in [4.69, 9.17) is 21.2 Å². The largest absolute Gasteiger partial charge is 0.507 e. The van der Waals surface area contributed by atoms with Gasteiger partial charge < -0.3 is 14.6 Å². The van der Waals surface area contributed by atoms with Gasteiger partial charge in [0.25, 0.3) is 0 Å². The third-order valence-electron chi connectivity index (χ3n) is 4.86. The molecule has 32 heavy (non-hydrogen) atoms. The normalized spacial score (nSPS) is 11.7. The van der Waals surface area contributed by atoms with Crippen molar-refractivity contribution in [1.82, 2.24) is 4.98 Å². The van der Waals surface area contributed by atoms with Crippen LogP contribution in [0.15, 0.2) is 63.9 Å². The van der Waals surface area contributed by atoms with Gasteiger partial charge in [-0.2, -0.15) is 0 Å². The first kappa shape index (κ1) is 21.8. The summed E-state index contributed by atoms with van der Waals surface area (Å²) in [5.74, 6) is -0.869. The first-order valence-electron chi connectivity index (χ1n) is 9.37. The number of rotatable bonds is 5. The van der Waals surface area contributed by atoms with Crippen LogP contribution >= 0.6 is 11.6 Å². The molecule has 0 saturated carbocycles. The number of phenolic OH excluding ortho intramolecular Hbond substituents is 2. The Kier molecular flexibility index (Phi) is 5.64. The monoisotopic (exact) mass is 472 g/mol. The molecule has 2 aromatic heterocycles. The SMILES string of the molecule is NS(=O)(=O)CCc1ccc(-c2c(O)cc(O)c3c(=O)cc(-c4ccccc4Cl)oc23)nc1. The predicted molar refractivity (Wildman–Crippen MR) is 121 cm³/mol. The maximum Gasteiger partial charge on any atom is 0.209 e. The van der Waals surface area contributed by atoms with Gasteiger partial charge in [-0.25, -0.2) is 13.6 Å². The molecule has 0 fully saturated rings. The van der Waals surface area contributed by atoms with Gasteiger partial charge >= 0.3 is 0 Å². The molecule has 2 aromatic carbocycles. The van der Waals surface area contributed by atoms with E-state index in [9.17, 15) is 23.4 Å². The molecular weight excluding hydrogens is 456 g/mol. The highest BCUT2D eigenvalue weighted by atomic mass is 35.5. The summed E-state index contributed by atoms with van der Waals surface area (Å²) in [4.78, 5) is 17.1. The highest BCUT2D eigenvalue weighted by Crippen LogP contribution is 2.41. The Bertz CT molecular complexity index is 1500. The number of fused-ring (bicyclic) bond motifs is 1. The van der Waals surface area contributed by atoms with Crippen LogP contribution in [0, 0.1) is 0 Å². The van der Waals surface area contributed by atoms with E-state index in [0.717, 1.165) is 6.07 Å². The average molecular weight is 473 g/mol. The number of phenols is 2. The molecule has 0 radical (unpaired) electrons. The predicted octanol–water partition coefficient (Wildman–Crippen LogP) is 3.42. The lowest BCUT2D eigenvalue weighted by Gasteiger charge is -2.12.